The summed E-state index contributed by atoms with van der Waals surface area (Å²) < 4.78 is 10.5. The molecule has 0 bridgehead atoms. The minimum Gasteiger partial charge on any atom is -0.460 e. The molecule has 2 aromatic heterocycles. The molecule has 3 nitrogen and oxygen atoms in total. The highest BCUT2D eigenvalue weighted by Crippen LogP contribution is 2.17. The van der Waals surface area contributed by atoms with Crippen LogP contribution < -0.4 is 0 Å². The number of carbonyl (C=O) groups is 1. The van der Waals surface area contributed by atoms with Crippen LogP contribution in [0, 0.1) is 6.92 Å². The van der Waals surface area contributed by atoms with Crippen LogP contribution in [0.3, 0.4) is 0 Å². The third kappa shape index (κ3) is 1.73. The molecule has 0 aliphatic rings. The molecule has 15 heavy (non-hydrogen) atoms. The predicted molar refractivity (Wildman–Crippen MR) is 55.0 cm³/mol. The Morgan fingerprint density at radius 1 is 1.33 bits per heavy atom. The Morgan fingerprint density at radius 3 is 2.67 bits per heavy atom. The zero-order valence-electron chi connectivity index (χ0n) is 8.74. The summed E-state index contributed by atoms with van der Waals surface area (Å²) in [7, 11) is 0. The summed E-state index contributed by atoms with van der Waals surface area (Å²) in [5, 5.41) is 0. The van der Waals surface area contributed by atoms with Crippen LogP contribution in [0.25, 0.3) is 0 Å². The van der Waals surface area contributed by atoms with Crippen LogP contribution in [0.2, 0.25) is 0 Å². The Balaban J connectivity index is 2.32. The summed E-state index contributed by atoms with van der Waals surface area (Å²) in [6, 6.07) is 5.26. The predicted octanol–water partition coefficient (Wildman–Crippen LogP) is 2.97. The van der Waals surface area contributed by atoms with Crippen molar-refractivity contribution < 1.29 is 13.6 Å². The number of carbonyl (C=O) groups excluding carboxylic acids is 1. The van der Waals surface area contributed by atoms with Crippen LogP contribution in [0.5, 0.6) is 0 Å². The van der Waals surface area contributed by atoms with Gasteiger partial charge in [-0.1, -0.05) is 6.92 Å². The summed E-state index contributed by atoms with van der Waals surface area (Å²) in [5.41, 5.74) is 0.828. The average molecular weight is 204 g/mol. The third-order valence-corrected chi connectivity index (χ3v) is 2.30. The van der Waals surface area contributed by atoms with Gasteiger partial charge in [0.15, 0.2) is 11.5 Å². The Morgan fingerprint density at radius 2 is 2.13 bits per heavy atom. The molecule has 2 rings (SSSR count). The van der Waals surface area contributed by atoms with E-state index < -0.39 is 0 Å². The van der Waals surface area contributed by atoms with Crippen molar-refractivity contribution in [3.8, 4) is 0 Å². The van der Waals surface area contributed by atoms with Crippen molar-refractivity contribution in [2.45, 2.75) is 20.3 Å². The molecule has 0 atom stereocenters. The number of hydrogen-bond donors (Lipinski definition) is 0. The molecular formula is C12H12O3. The fourth-order valence-electron chi connectivity index (χ4n) is 1.41. The standard InChI is InChI=1S/C12H12O3/c1-3-9-4-5-10(15-9)11(13)12-8(2)6-7-14-12/h4-7H,3H2,1-2H3. The lowest BCUT2D eigenvalue weighted by molar-refractivity contribution is 0.0981. The fraction of sp³-hybridized carbons (Fsp3) is 0.250. The van der Waals surface area contributed by atoms with Crippen molar-refractivity contribution >= 4 is 5.78 Å². The fourth-order valence-corrected chi connectivity index (χ4v) is 1.41. The normalized spacial score (nSPS) is 10.5. The SMILES string of the molecule is CCc1ccc(C(=O)c2occc2C)o1. The number of ketones is 1. The maximum atomic E-state index is 11.9. The molecule has 0 saturated heterocycles. The minimum absolute atomic E-state index is 0.197. The topological polar surface area (TPSA) is 43.4 Å². The number of furan rings is 2. The van der Waals surface area contributed by atoms with Crippen molar-refractivity contribution in [2.75, 3.05) is 0 Å². The van der Waals surface area contributed by atoms with Crippen LogP contribution in [0.1, 0.15) is 34.6 Å². The van der Waals surface area contributed by atoms with Gasteiger partial charge in [0.1, 0.15) is 5.76 Å². The van der Waals surface area contributed by atoms with Crippen LogP contribution in [-0.2, 0) is 6.42 Å². The molecule has 0 saturated carbocycles. The quantitative estimate of drug-likeness (QED) is 0.722. The van der Waals surface area contributed by atoms with E-state index >= 15 is 0 Å². The van der Waals surface area contributed by atoms with Gasteiger partial charge in [-0.25, -0.2) is 0 Å². The zero-order valence-corrected chi connectivity index (χ0v) is 8.74. The highest BCUT2D eigenvalue weighted by atomic mass is 16.4. The first kappa shape index (κ1) is 9.77. The van der Waals surface area contributed by atoms with E-state index in [2.05, 4.69) is 0 Å². The molecule has 0 radical (unpaired) electrons. The second-order valence-corrected chi connectivity index (χ2v) is 3.38. The Hall–Kier alpha value is -1.77. The molecule has 0 aliphatic carbocycles. The zero-order chi connectivity index (χ0) is 10.8. The molecule has 0 unspecified atom stereocenters. The van der Waals surface area contributed by atoms with Gasteiger partial charge in [0, 0.05) is 6.42 Å². The molecule has 0 aromatic carbocycles. The molecular weight excluding hydrogens is 192 g/mol. The van der Waals surface area contributed by atoms with E-state index in [1.807, 2.05) is 19.9 Å². The van der Waals surface area contributed by atoms with Crippen LogP contribution >= 0.6 is 0 Å². The lowest BCUT2D eigenvalue weighted by Crippen LogP contribution is -1.99. The Kier molecular flexibility index (Phi) is 2.46. The molecule has 3 heteroatoms. The molecule has 2 aromatic rings. The van der Waals surface area contributed by atoms with Gasteiger partial charge in [0.2, 0.25) is 0 Å². The maximum absolute atomic E-state index is 11.9. The molecule has 0 aliphatic heterocycles. The van der Waals surface area contributed by atoms with Gasteiger partial charge in [-0.2, -0.15) is 0 Å². The molecule has 78 valence electrons. The maximum Gasteiger partial charge on any atom is 0.263 e. The van der Waals surface area contributed by atoms with Crippen molar-refractivity contribution in [1.82, 2.24) is 0 Å². The van der Waals surface area contributed by atoms with Crippen molar-refractivity contribution in [1.29, 1.82) is 0 Å². The van der Waals surface area contributed by atoms with Crippen LogP contribution in [0.15, 0.2) is 33.3 Å². The van der Waals surface area contributed by atoms with Gasteiger partial charge in [-0.15, -0.1) is 0 Å². The van der Waals surface area contributed by atoms with E-state index in [1.54, 1.807) is 12.1 Å². The summed E-state index contributed by atoms with van der Waals surface area (Å²) >= 11 is 0. The van der Waals surface area contributed by atoms with Crippen LogP contribution in [0.4, 0.5) is 0 Å². The van der Waals surface area contributed by atoms with Gasteiger partial charge in [0.05, 0.1) is 6.26 Å². The molecule has 0 spiro atoms. The van der Waals surface area contributed by atoms with Gasteiger partial charge in [-0.3, -0.25) is 4.79 Å². The molecule has 0 amide bonds. The summed E-state index contributed by atoms with van der Waals surface area (Å²) in [6.07, 6.45) is 2.29. The Bertz CT molecular complexity index is 477. The highest BCUT2D eigenvalue weighted by Gasteiger charge is 2.18. The smallest absolute Gasteiger partial charge is 0.263 e. The van der Waals surface area contributed by atoms with E-state index in [9.17, 15) is 4.79 Å². The van der Waals surface area contributed by atoms with Gasteiger partial charge in [-0.05, 0) is 30.7 Å². The summed E-state index contributed by atoms with van der Waals surface area (Å²) in [5.74, 6) is 1.30. The van der Waals surface area contributed by atoms with Gasteiger partial charge in [0.25, 0.3) is 5.78 Å². The minimum atomic E-state index is -0.197. The second-order valence-electron chi connectivity index (χ2n) is 3.38. The van der Waals surface area contributed by atoms with Gasteiger partial charge >= 0.3 is 0 Å². The number of aryl methyl sites for hydroxylation is 2. The molecule has 0 fully saturated rings. The van der Waals surface area contributed by atoms with Crippen molar-refractivity contribution in [3.05, 3.63) is 47.3 Å². The lowest BCUT2D eigenvalue weighted by Gasteiger charge is -1.94. The monoisotopic (exact) mass is 204 g/mol. The van der Waals surface area contributed by atoms with E-state index in [0.717, 1.165) is 17.7 Å². The highest BCUT2D eigenvalue weighted by molar-refractivity contribution is 6.06. The van der Waals surface area contributed by atoms with E-state index in [4.69, 9.17) is 8.83 Å². The molecule has 0 N–H and O–H groups in total. The first-order valence-electron chi connectivity index (χ1n) is 4.90. The first-order valence-corrected chi connectivity index (χ1v) is 4.90. The summed E-state index contributed by atoms with van der Waals surface area (Å²) in [4.78, 5) is 11.9. The average Bonchev–Trinajstić information content (AvgIpc) is 2.84. The first-order chi connectivity index (χ1) is 7.22. The number of rotatable bonds is 3. The van der Waals surface area contributed by atoms with Crippen molar-refractivity contribution in [2.24, 2.45) is 0 Å². The summed E-state index contributed by atoms with van der Waals surface area (Å²) in [6.45, 7) is 3.81. The van der Waals surface area contributed by atoms with Crippen LogP contribution in [-0.4, -0.2) is 5.78 Å². The van der Waals surface area contributed by atoms with Crippen molar-refractivity contribution in [3.63, 3.8) is 0 Å². The van der Waals surface area contributed by atoms with E-state index in [0.29, 0.717) is 11.5 Å². The number of hydrogen-bond acceptors (Lipinski definition) is 3. The molecule has 2 heterocycles. The van der Waals surface area contributed by atoms with Gasteiger partial charge < -0.3 is 8.83 Å². The lowest BCUT2D eigenvalue weighted by atomic mass is 10.2. The Labute approximate surface area is 87.7 Å². The largest absolute Gasteiger partial charge is 0.460 e. The second kappa shape index (κ2) is 3.77. The van der Waals surface area contributed by atoms with E-state index in [-0.39, 0.29) is 5.78 Å². The third-order valence-electron chi connectivity index (χ3n) is 2.30. The van der Waals surface area contributed by atoms with E-state index in [1.165, 1.54) is 6.26 Å².